The van der Waals surface area contributed by atoms with E-state index in [0.717, 1.165) is 5.57 Å². The van der Waals surface area contributed by atoms with Crippen molar-refractivity contribution in [3.8, 4) is 0 Å². The Hall–Kier alpha value is -1.28. The van der Waals surface area contributed by atoms with Gasteiger partial charge in [0.05, 0.1) is 7.11 Å². The topological polar surface area (TPSA) is 29.5 Å². The summed E-state index contributed by atoms with van der Waals surface area (Å²) in [5, 5.41) is 9.99. The molecular weight excluding hydrogens is 188 g/mol. The van der Waals surface area contributed by atoms with E-state index in [0.29, 0.717) is 5.76 Å². The number of hydrogen-bond donors (Lipinski definition) is 1. The lowest BCUT2D eigenvalue weighted by molar-refractivity contribution is 0.150. The molecule has 0 aromatic heterocycles. The fraction of sp³-hybridized carbons (Fsp3) is 0.385. The number of rotatable bonds is 5. The molecule has 0 aliphatic heterocycles. The average Bonchev–Trinajstić information content (AvgIpc) is 2.19. The number of ether oxygens (including phenoxy) is 1. The molecule has 2 nitrogen and oxygen atoms in total. The van der Waals surface area contributed by atoms with E-state index in [4.69, 9.17) is 4.74 Å². The summed E-state index contributed by atoms with van der Waals surface area (Å²) in [6, 6.07) is 0. The lowest BCUT2D eigenvalue weighted by Crippen LogP contribution is -2.21. The van der Waals surface area contributed by atoms with E-state index in [2.05, 4.69) is 6.58 Å². The van der Waals surface area contributed by atoms with Crippen LogP contribution in [-0.2, 0) is 4.74 Å². The first-order valence-electron chi connectivity index (χ1n) is 4.89. The summed E-state index contributed by atoms with van der Waals surface area (Å²) >= 11 is 0. The van der Waals surface area contributed by atoms with Gasteiger partial charge in [0.2, 0.25) is 0 Å². The number of hydrogen-bond acceptors (Lipinski definition) is 2. The number of aliphatic hydroxyl groups is 1. The average molecular weight is 208 g/mol. The van der Waals surface area contributed by atoms with Gasteiger partial charge in [-0.3, -0.25) is 0 Å². The molecule has 1 unspecified atom stereocenters. The normalized spacial score (nSPS) is 17.7. The molecular formula is C13H20O2. The minimum Gasteiger partial charge on any atom is -0.497 e. The SMILES string of the molecule is C=C/C(=C\C=C(/C)C(C)(O)/C=C/C)OC. The maximum Gasteiger partial charge on any atom is 0.118 e. The molecule has 2 heteroatoms. The van der Waals surface area contributed by atoms with Crippen molar-refractivity contribution in [2.24, 2.45) is 0 Å². The molecule has 0 amide bonds. The van der Waals surface area contributed by atoms with E-state index < -0.39 is 5.60 Å². The summed E-state index contributed by atoms with van der Waals surface area (Å²) in [7, 11) is 1.58. The first-order valence-corrected chi connectivity index (χ1v) is 4.89. The van der Waals surface area contributed by atoms with Gasteiger partial charge in [-0.05, 0) is 38.5 Å². The van der Waals surface area contributed by atoms with Gasteiger partial charge in [0, 0.05) is 0 Å². The molecule has 0 spiro atoms. The molecule has 15 heavy (non-hydrogen) atoms. The first kappa shape index (κ1) is 13.7. The molecule has 0 saturated carbocycles. The maximum atomic E-state index is 9.99. The number of methoxy groups -OCH3 is 1. The van der Waals surface area contributed by atoms with E-state index >= 15 is 0 Å². The second-order valence-electron chi connectivity index (χ2n) is 3.47. The van der Waals surface area contributed by atoms with E-state index in [1.807, 2.05) is 26.0 Å². The summed E-state index contributed by atoms with van der Waals surface area (Å²) in [6.45, 7) is 9.10. The van der Waals surface area contributed by atoms with Gasteiger partial charge in [-0.15, -0.1) is 0 Å². The molecule has 0 fully saturated rings. The van der Waals surface area contributed by atoms with Gasteiger partial charge in [-0.2, -0.15) is 0 Å². The van der Waals surface area contributed by atoms with Crippen LogP contribution in [-0.4, -0.2) is 17.8 Å². The van der Waals surface area contributed by atoms with Crippen LogP contribution >= 0.6 is 0 Å². The zero-order chi connectivity index (χ0) is 11.9. The van der Waals surface area contributed by atoms with Crippen LogP contribution < -0.4 is 0 Å². The van der Waals surface area contributed by atoms with Crippen LogP contribution in [0, 0.1) is 0 Å². The molecule has 0 aromatic carbocycles. The van der Waals surface area contributed by atoms with E-state index in [-0.39, 0.29) is 0 Å². The van der Waals surface area contributed by atoms with E-state index in [9.17, 15) is 5.11 Å². The Morgan fingerprint density at radius 1 is 1.40 bits per heavy atom. The van der Waals surface area contributed by atoms with Gasteiger partial charge in [0.15, 0.2) is 0 Å². The highest BCUT2D eigenvalue weighted by Crippen LogP contribution is 2.17. The van der Waals surface area contributed by atoms with E-state index in [1.54, 1.807) is 32.3 Å². The van der Waals surface area contributed by atoms with Crippen LogP contribution in [0.15, 0.2) is 48.3 Å². The molecule has 0 bridgehead atoms. The molecule has 0 aromatic rings. The third kappa shape index (κ3) is 4.66. The van der Waals surface area contributed by atoms with Crippen molar-refractivity contribution < 1.29 is 9.84 Å². The molecule has 1 atom stereocenters. The van der Waals surface area contributed by atoms with Crippen molar-refractivity contribution in [2.75, 3.05) is 7.11 Å². The second-order valence-corrected chi connectivity index (χ2v) is 3.47. The second kappa shape index (κ2) is 6.25. The largest absolute Gasteiger partial charge is 0.497 e. The van der Waals surface area contributed by atoms with Crippen molar-refractivity contribution in [1.29, 1.82) is 0 Å². The molecule has 0 heterocycles. The quantitative estimate of drug-likeness (QED) is 0.427. The maximum absolute atomic E-state index is 9.99. The lowest BCUT2D eigenvalue weighted by Gasteiger charge is -2.19. The Balaban J connectivity index is 4.84. The minimum absolute atomic E-state index is 0.672. The Labute approximate surface area is 92.3 Å². The van der Waals surface area contributed by atoms with E-state index in [1.165, 1.54) is 0 Å². The van der Waals surface area contributed by atoms with Crippen LogP contribution in [0.3, 0.4) is 0 Å². The third-order valence-corrected chi connectivity index (χ3v) is 2.22. The fourth-order valence-corrected chi connectivity index (χ4v) is 1.05. The molecule has 84 valence electrons. The van der Waals surface area contributed by atoms with Gasteiger partial charge in [0.25, 0.3) is 0 Å². The molecule has 0 radical (unpaired) electrons. The highest BCUT2D eigenvalue weighted by atomic mass is 16.5. The monoisotopic (exact) mass is 208 g/mol. The summed E-state index contributed by atoms with van der Waals surface area (Å²) < 4.78 is 5.02. The van der Waals surface area contributed by atoms with Gasteiger partial charge < -0.3 is 9.84 Å². The van der Waals surface area contributed by atoms with Crippen molar-refractivity contribution >= 4 is 0 Å². The Kier molecular flexibility index (Phi) is 5.72. The number of allylic oxidation sites excluding steroid dienone is 4. The minimum atomic E-state index is -0.911. The molecule has 1 N–H and O–H groups in total. The zero-order valence-corrected chi connectivity index (χ0v) is 9.95. The Bertz CT molecular complexity index is 294. The highest BCUT2D eigenvalue weighted by Gasteiger charge is 2.17. The van der Waals surface area contributed by atoms with Crippen LogP contribution in [0.1, 0.15) is 20.8 Å². The summed E-state index contributed by atoms with van der Waals surface area (Å²) in [6.07, 6.45) is 8.79. The summed E-state index contributed by atoms with van der Waals surface area (Å²) in [4.78, 5) is 0. The first-order chi connectivity index (χ1) is 6.97. The predicted molar refractivity (Wildman–Crippen MR) is 64.5 cm³/mol. The smallest absolute Gasteiger partial charge is 0.118 e. The van der Waals surface area contributed by atoms with Crippen LogP contribution in [0.4, 0.5) is 0 Å². The summed E-state index contributed by atoms with van der Waals surface area (Å²) in [5.41, 5.74) is -0.0670. The molecule has 0 saturated heterocycles. The lowest BCUT2D eigenvalue weighted by atomic mass is 9.96. The van der Waals surface area contributed by atoms with Crippen LogP contribution in [0.5, 0.6) is 0 Å². The van der Waals surface area contributed by atoms with Crippen molar-refractivity contribution in [3.63, 3.8) is 0 Å². The van der Waals surface area contributed by atoms with Crippen LogP contribution in [0.2, 0.25) is 0 Å². The van der Waals surface area contributed by atoms with Crippen molar-refractivity contribution in [1.82, 2.24) is 0 Å². The van der Waals surface area contributed by atoms with Gasteiger partial charge in [-0.1, -0.05) is 24.8 Å². The summed E-state index contributed by atoms with van der Waals surface area (Å²) in [5.74, 6) is 0.672. The zero-order valence-electron chi connectivity index (χ0n) is 9.95. The molecule has 0 rings (SSSR count). The predicted octanol–water partition coefficient (Wildman–Crippen LogP) is 2.98. The Morgan fingerprint density at radius 2 is 2.00 bits per heavy atom. The van der Waals surface area contributed by atoms with Crippen molar-refractivity contribution in [3.05, 3.63) is 48.3 Å². The Morgan fingerprint density at radius 3 is 2.40 bits per heavy atom. The van der Waals surface area contributed by atoms with Crippen LogP contribution in [0.25, 0.3) is 0 Å². The highest BCUT2D eigenvalue weighted by molar-refractivity contribution is 5.27. The fourth-order valence-electron chi connectivity index (χ4n) is 1.05. The van der Waals surface area contributed by atoms with Gasteiger partial charge >= 0.3 is 0 Å². The van der Waals surface area contributed by atoms with Gasteiger partial charge in [0.1, 0.15) is 11.4 Å². The third-order valence-electron chi connectivity index (χ3n) is 2.22. The molecule has 0 aliphatic carbocycles. The van der Waals surface area contributed by atoms with Crippen molar-refractivity contribution in [2.45, 2.75) is 26.4 Å². The van der Waals surface area contributed by atoms with Gasteiger partial charge in [-0.25, -0.2) is 0 Å². The standard InChI is InChI=1S/C13H20O2/c1-6-10-13(4,14)11(3)8-9-12(7-2)15-5/h6-10,14H,2H2,1,3-5H3/b10-6+,11-8+,12-9+. The molecule has 0 aliphatic rings.